The van der Waals surface area contributed by atoms with Gasteiger partial charge in [-0.3, -0.25) is 0 Å². The van der Waals surface area contributed by atoms with Crippen molar-refractivity contribution < 1.29 is 43.0 Å². The first kappa shape index (κ1) is 34.5. The molecule has 0 aromatic heterocycles. The zero-order valence-corrected chi connectivity index (χ0v) is 24.3. The first-order chi connectivity index (χ1) is 19.2. The molecular weight excluding hydrogens is 575 g/mol. The maximum atomic E-state index is 11.7. The van der Waals surface area contributed by atoms with Crippen LogP contribution in [-0.4, -0.2) is 48.2 Å². The number of hydrogen-bond acceptors (Lipinski definition) is 6. The number of hydrogen-bond donors (Lipinski definition) is 6. The molecule has 4 rings (SSSR count). The number of rotatable bonds is 6. The highest BCUT2D eigenvalue weighted by molar-refractivity contribution is 7.79. The topological polar surface area (TPSA) is 121 Å². The molecule has 0 amide bonds. The average molecular weight is 611 g/mol. The maximum Gasteiger partial charge on any atom is 0.414 e. The van der Waals surface area contributed by atoms with E-state index in [0.717, 1.165) is 6.92 Å². The average Bonchev–Trinajstić information content (AvgIpc) is 2.98. The van der Waals surface area contributed by atoms with Crippen LogP contribution >= 0.6 is 15.4 Å². The van der Waals surface area contributed by atoms with Gasteiger partial charge in [0.2, 0.25) is 0 Å². The van der Waals surface area contributed by atoms with Crippen molar-refractivity contribution in [3.05, 3.63) is 121 Å². The van der Waals surface area contributed by atoms with Crippen LogP contribution in [0.5, 0.6) is 0 Å². The summed E-state index contributed by atoms with van der Waals surface area (Å²) in [5, 5.41) is 19.6. The normalized spacial score (nSPS) is 13.9. The summed E-state index contributed by atoms with van der Waals surface area (Å²) in [7, 11) is -6.29. The Kier molecular flexibility index (Phi) is 13.0. The third-order valence-corrected chi connectivity index (χ3v) is 10.1. The third-order valence-electron chi connectivity index (χ3n) is 6.06. The Morgan fingerprint density at radius 1 is 0.488 bits per heavy atom. The molecule has 6 nitrogen and oxygen atoms in total. The molecule has 11 heteroatoms. The summed E-state index contributed by atoms with van der Waals surface area (Å²) in [6.07, 6.45) is -8.25. The molecule has 0 spiro atoms. The Bertz CT molecular complexity index is 1110. The highest BCUT2D eigenvalue weighted by atomic mass is 31.2. The highest BCUT2D eigenvalue weighted by Gasteiger charge is 2.43. The highest BCUT2D eigenvalue weighted by Crippen LogP contribution is 2.47. The van der Waals surface area contributed by atoms with Crippen molar-refractivity contribution in [2.45, 2.75) is 32.2 Å². The van der Waals surface area contributed by atoms with E-state index >= 15 is 0 Å². The van der Waals surface area contributed by atoms with E-state index in [1.165, 1.54) is 6.92 Å². The fraction of sp³-hybridized carbons (Fsp3) is 0.200. The fourth-order valence-corrected chi connectivity index (χ4v) is 6.35. The van der Waals surface area contributed by atoms with Gasteiger partial charge >= 0.3 is 21.6 Å². The van der Waals surface area contributed by atoms with Gasteiger partial charge in [0.05, 0.1) is 6.10 Å². The molecular formula is C30H35F3O6P2+2. The first-order valence-corrected chi connectivity index (χ1v) is 15.9. The summed E-state index contributed by atoms with van der Waals surface area (Å²) < 4.78 is 35.1. The zero-order valence-electron chi connectivity index (χ0n) is 22.5. The minimum Gasteiger partial charge on any atom is -0.393 e. The van der Waals surface area contributed by atoms with Crippen molar-refractivity contribution in [2.75, 3.05) is 0 Å². The second kappa shape index (κ2) is 15.5. The lowest BCUT2D eigenvalue weighted by atomic mass is 9.99. The molecule has 0 aliphatic rings. The summed E-state index contributed by atoms with van der Waals surface area (Å²) in [6.45, 7) is 2.35. The number of aliphatic hydroxyl groups excluding tert-OH is 2. The van der Waals surface area contributed by atoms with E-state index in [1.807, 2.05) is 24.3 Å². The maximum absolute atomic E-state index is 11.7. The molecule has 0 saturated carbocycles. The SMILES string of the molecule is CC(O)C(C)C(O)C(F)(F)F.O[P+](O)(c1ccccc1)c1ccccc1.O[P+](O)(c1ccccc1)c1ccccc1. The van der Waals surface area contributed by atoms with Crippen LogP contribution < -0.4 is 21.2 Å². The van der Waals surface area contributed by atoms with E-state index in [1.54, 1.807) is 97.1 Å². The molecule has 0 saturated heterocycles. The van der Waals surface area contributed by atoms with Crippen LogP contribution in [0.2, 0.25) is 0 Å². The van der Waals surface area contributed by atoms with E-state index in [2.05, 4.69) is 0 Å². The number of alkyl halides is 3. The largest absolute Gasteiger partial charge is 0.414 e. The molecule has 0 aliphatic heterocycles. The molecule has 0 radical (unpaired) electrons. The summed E-state index contributed by atoms with van der Waals surface area (Å²) in [6, 6.07) is 35.8. The van der Waals surface area contributed by atoms with E-state index in [9.17, 15) is 32.7 Å². The molecule has 3 unspecified atom stereocenters. The fourth-order valence-electron chi connectivity index (χ4n) is 3.40. The number of benzene rings is 4. The van der Waals surface area contributed by atoms with Gasteiger partial charge in [0.25, 0.3) is 0 Å². The Balaban J connectivity index is 0.000000219. The lowest BCUT2D eigenvalue weighted by Gasteiger charge is -2.23. The van der Waals surface area contributed by atoms with Gasteiger partial charge < -0.3 is 10.2 Å². The quantitative estimate of drug-likeness (QED) is 0.185. The zero-order chi connectivity index (χ0) is 30.7. The summed E-state index contributed by atoms with van der Waals surface area (Å²) in [5.41, 5.74) is 0. The van der Waals surface area contributed by atoms with Gasteiger partial charge in [-0.05, 0) is 55.5 Å². The summed E-state index contributed by atoms with van der Waals surface area (Å²) >= 11 is 0. The van der Waals surface area contributed by atoms with Crippen LogP contribution in [0.3, 0.4) is 0 Å². The van der Waals surface area contributed by atoms with E-state index in [-0.39, 0.29) is 0 Å². The minimum absolute atomic E-state index is 0.580. The number of halogens is 3. The predicted molar refractivity (Wildman–Crippen MR) is 160 cm³/mol. The molecule has 3 atom stereocenters. The van der Waals surface area contributed by atoms with Gasteiger partial charge in [-0.15, -0.1) is 0 Å². The van der Waals surface area contributed by atoms with Gasteiger partial charge in [-0.25, -0.2) is 19.6 Å². The second-order valence-electron chi connectivity index (χ2n) is 9.13. The van der Waals surface area contributed by atoms with Crippen molar-refractivity contribution in [2.24, 2.45) is 5.92 Å². The van der Waals surface area contributed by atoms with Gasteiger partial charge in [-0.2, -0.15) is 13.2 Å². The monoisotopic (exact) mass is 610 g/mol. The molecule has 4 aromatic carbocycles. The van der Waals surface area contributed by atoms with Crippen LogP contribution in [0, 0.1) is 5.92 Å². The standard InChI is InChI=1S/2C12H12O2P.C6H11F3O2/c2*13-15(14,11-7-3-1-4-8-11)12-9-5-2-6-10-12;1-3(4(2)10)5(11)6(7,8)9/h2*1-10,13-14H;3-5,10-11H,1-2H3/q2*+1;. The van der Waals surface area contributed by atoms with Gasteiger partial charge in [-0.1, -0.05) is 79.7 Å². The molecule has 220 valence electrons. The molecule has 0 fully saturated rings. The van der Waals surface area contributed by atoms with Gasteiger partial charge in [0.1, 0.15) is 0 Å². The molecule has 0 heterocycles. The van der Waals surface area contributed by atoms with E-state index in [0.29, 0.717) is 21.2 Å². The van der Waals surface area contributed by atoms with Crippen molar-refractivity contribution in [3.8, 4) is 0 Å². The van der Waals surface area contributed by atoms with Crippen molar-refractivity contribution in [1.82, 2.24) is 0 Å². The van der Waals surface area contributed by atoms with E-state index in [4.69, 9.17) is 10.2 Å². The Hall–Kier alpha value is -2.71. The Morgan fingerprint density at radius 3 is 0.854 bits per heavy atom. The Labute approximate surface area is 239 Å². The minimum atomic E-state index is -4.64. The lowest BCUT2D eigenvalue weighted by molar-refractivity contribution is -0.225. The van der Waals surface area contributed by atoms with Crippen LogP contribution in [0.1, 0.15) is 13.8 Å². The van der Waals surface area contributed by atoms with Crippen LogP contribution in [-0.2, 0) is 0 Å². The van der Waals surface area contributed by atoms with Crippen molar-refractivity contribution in [3.63, 3.8) is 0 Å². The van der Waals surface area contributed by atoms with Crippen LogP contribution in [0.25, 0.3) is 0 Å². The van der Waals surface area contributed by atoms with Crippen LogP contribution in [0.4, 0.5) is 13.2 Å². The van der Waals surface area contributed by atoms with Crippen molar-refractivity contribution in [1.29, 1.82) is 0 Å². The van der Waals surface area contributed by atoms with Crippen molar-refractivity contribution >= 4 is 36.7 Å². The summed E-state index contributed by atoms with van der Waals surface area (Å²) in [5.74, 6) is -1.19. The predicted octanol–water partition coefficient (Wildman–Crippen LogP) is 3.87. The third kappa shape index (κ3) is 10.3. The lowest BCUT2D eigenvalue weighted by Crippen LogP contribution is -2.39. The molecule has 4 aromatic rings. The molecule has 0 bridgehead atoms. The van der Waals surface area contributed by atoms with Crippen LogP contribution in [0.15, 0.2) is 121 Å². The number of aliphatic hydroxyl groups is 2. The summed E-state index contributed by atoms with van der Waals surface area (Å²) in [4.78, 5) is 40.5. The van der Waals surface area contributed by atoms with Gasteiger partial charge in [0.15, 0.2) is 27.3 Å². The van der Waals surface area contributed by atoms with Gasteiger partial charge in [0, 0.05) is 5.92 Å². The van der Waals surface area contributed by atoms with E-state index < -0.39 is 39.7 Å². The second-order valence-corrected chi connectivity index (χ2v) is 13.6. The first-order valence-electron chi connectivity index (χ1n) is 12.5. The molecule has 41 heavy (non-hydrogen) atoms. The Morgan fingerprint density at radius 2 is 0.707 bits per heavy atom. The molecule has 0 aliphatic carbocycles. The molecule has 6 N–H and O–H groups in total. The smallest absolute Gasteiger partial charge is 0.393 e.